The van der Waals surface area contributed by atoms with Gasteiger partial charge in [-0.1, -0.05) is 0 Å². The average molecular weight is 231 g/mol. The molecule has 0 aromatic carbocycles. The van der Waals surface area contributed by atoms with Crippen LogP contribution < -0.4 is 4.90 Å². The number of pyridine rings is 1. The smallest absolute Gasteiger partial charge is 0.129 e. The highest BCUT2D eigenvalue weighted by Crippen LogP contribution is 2.28. The summed E-state index contributed by atoms with van der Waals surface area (Å²) < 4.78 is 5.57. The number of anilines is 1. The molecular weight excluding hydrogens is 214 g/mol. The van der Waals surface area contributed by atoms with Crippen LogP contribution in [-0.2, 0) is 4.74 Å². The summed E-state index contributed by atoms with van der Waals surface area (Å²) >= 11 is 0. The standard InChI is InChI=1S/C13H17N3O/c1-16(6-7-17-10-11-2-3-11)13-8-12(9-14)4-5-15-13/h4-5,8,11H,2-3,6-7,10H2,1H3. The zero-order valence-electron chi connectivity index (χ0n) is 10.1. The molecule has 4 heteroatoms. The van der Waals surface area contributed by atoms with Gasteiger partial charge in [-0.05, 0) is 30.9 Å². The summed E-state index contributed by atoms with van der Waals surface area (Å²) in [6, 6.07) is 5.62. The highest BCUT2D eigenvalue weighted by atomic mass is 16.5. The molecule has 17 heavy (non-hydrogen) atoms. The van der Waals surface area contributed by atoms with E-state index in [4.69, 9.17) is 10.00 Å². The van der Waals surface area contributed by atoms with Gasteiger partial charge in [0.25, 0.3) is 0 Å². The first-order chi connectivity index (χ1) is 8.29. The fourth-order valence-electron chi connectivity index (χ4n) is 1.55. The highest BCUT2D eigenvalue weighted by molar-refractivity contribution is 5.44. The van der Waals surface area contributed by atoms with Gasteiger partial charge in [0.15, 0.2) is 0 Å². The van der Waals surface area contributed by atoms with E-state index in [0.29, 0.717) is 12.2 Å². The molecule has 1 aromatic rings. The lowest BCUT2D eigenvalue weighted by Crippen LogP contribution is -2.23. The van der Waals surface area contributed by atoms with Crippen molar-refractivity contribution in [3.8, 4) is 6.07 Å². The molecule has 0 radical (unpaired) electrons. The van der Waals surface area contributed by atoms with Gasteiger partial charge >= 0.3 is 0 Å². The number of nitriles is 1. The lowest BCUT2D eigenvalue weighted by atomic mass is 10.3. The molecule has 1 aliphatic carbocycles. The number of ether oxygens (including phenoxy) is 1. The number of nitrogens with zero attached hydrogens (tertiary/aromatic N) is 3. The number of aromatic nitrogens is 1. The van der Waals surface area contributed by atoms with Crippen molar-refractivity contribution in [2.45, 2.75) is 12.8 Å². The largest absolute Gasteiger partial charge is 0.379 e. The van der Waals surface area contributed by atoms with E-state index in [9.17, 15) is 0 Å². The van der Waals surface area contributed by atoms with Crippen molar-refractivity contribution in [3.05, 3.63) is 23.9 Å². The molecule has 1 heterocycles. The van der Waals surface area contributed by atoms with Crippen LogP contribution in [0, 0.1) is 17.2 Å². The third-order valence-electron chi connectivity index (χ3n) is 2.89. The SMILES string of the molecule is CN(CCOCC1CC1)c1cc(C#N)ccn1. The molecule has 0 N–H and O–H groups in total. The monoisotopic (exact) mass is 231 g/mol. The predicted molar refractivity (Wildman–Crippen MR) is 65.8 cm³/mol. The zero-order valence-corrected chi connectivity index (χ0v) is 10.1. The Hall–Kier alpha value is -1.60. The Bertz CT molecular complexity index is 409. The number of hydrogen-bond acceptors (Lipinski definition) is 4. The van der Waals surface area contributed by atoms with E-state index in [-0.39, 0.29) is 0 Å². The van der Waals surface area contributed by atoms with Crippen LogP contribution in [-0.4, -0.2) is 31.8 Å². The third kappa shape index (κ3) is 3.72. The van der Waals surface area contributed by atoms with Crippen LogP contribution >= 0.6 is 0 Å². The van der Waals surface area contributed by atoms with E-state index in [1.54, 1.807) is 18.3 Å². The molecule has 0 amide bonds. The Kier molecular flexibility index (Phi) is 3.94. The molecule has 1 saturated carbocycles. The molecule has 90 valence electrons. The van der Waals surface area contributed by atoms with Crippen LogP contribution in [0.2, 0.25) is 0 Å². The van der Waals surface area contributed by atoms with E-state index in [1.807, 2.05) is 11.9 Å². The maximum absolute atomic E-state index is 8.80. The maximum atomic E-state index is 8.80. The fourth-order valence-corrected chi connectivity index (χ4v) is 1.55. The van der Waals surface area contributed by atoms with Gasteiger partial charge in [0.2, 0.25) is 0 Å². The molecule has 0 atom stereocenters. The fraction of sp³-hybridized carbons (Fsp3) is 0.538. The van der Waals surface area contributed by atoms with Crippen molar-refractivity contribution in [3.63, 3.8) is 0 Å². The van der Waals surface area contributed by atoms with E-state index in [0.717, 1.165) is 24.9 Å². The molecule has 2 rings (SSSR count). The molecule has 1 aliphatic rings. The van der Waals surface area contributed by atoms with E-state index in [2.05, 4.69) is 11.1 Å². The van der Waals surface area contributed by atoms with Crippen molar-refractivity contribution < 1.29 is 4.74 Å². The summed E-state index contributed by atoms with van der Waals surface area (Å²) in [5.74, 6) is 1.62. The van der Waals surface area contributed by atoms with E-state index >= 15 is 0 Å². The van der Waals surface area contributed by atoms with Crippen LogP contribution in [0.3, 0.4) is 0 Å². The van der Waals surface area contributed by atoms with Crippen LogP contribution in [0.5, 0.6) is 0 Å². The molecular formula is C13H17N3O. The predicted octanol–water partition coefficient (Wildman–Crippen LogP) is 1.82. The second kappa shape index (κ2) is 5.65. The van der Waals surface area contributed by atoms with Gasteiger partial charge in [0.05, 0.1) is 18.2 Å². The van der Waals surface area contributed by atoms with E-state index < -0.39 is 0 Å². The molecule has 1 fully saturated rings. The quantitative estimate of drug-likeness (QED) is 0.701. The summed E-state index contributed by atoms with van der Waals surface area (Å²) in [4.78, 5) is 6.24. The lowest BCUT2D eigenvalue weighted by Gasteiger charge is -2.17. The highest BCUT2D eigenvalue weighted by Gasteiger charge is 2.20. The topological polar surface area (TPSA) is 49.1 Å². The van der Waals surface area contributed by atoms with Crippen LogP contribution in [0.4, 0.5) is 5.82 Å². The lowest BCUT2D eigenvalue weighted by molar-refractivity contribution is 0.131. The minimum Gasteiger partial charge on any atom is -0.379 e. The summed E-state index contributed by atoms with van der Waals surface area (Å²) in [7, 11) is 1.96. The number of rotatable bonds is 6. The Morgan fingerprint density at radius 3 is 3.12 bits per heavy atom. The summed E-state index contributed by atoms with van der Waals surface area (Å²) in [5, 5.41) is 8.80. The van der Waals surface area contributed by atoms with Gasteiger partial charge in [-0.2, -0.15) is 5.26 Å². The van der Waals surface area contributed by atoms with Gasteiger partial charge < -0.3 is 9.64 Å². The van der Waals surface area contributed by atoms with Crippen LogP contribution in [0.25, 0.3) is 0 Å². The van der Waals surface area contributed by atoms with Crippen molar-refractivity contribution in [2.24, 2.45) is 5.92 Å². The molecule has 0 bridgehead atoms. The first-order valence-electron chi connectivity index (χ1n) is 5.94. The zero-order chi connectivity index (χ0) is 12.1. The summed E-state index contributed by atoms with van der Waals surface area (Å²) in [6.07, 6.45) is 4.30. The van der Waals surface area contributed by atoms with Crippen molar-refractivity contribution in [1.29, 1.82) is 5.26 Å². The van der Waals surface area contributed by atoms with Gasteiger partial charge in [0.1, 0.15) is 5.82 Å². The Balaban J connectivity index is 1.77. The van der Waals surface area contributed by atoms with Crippen LogP contribution in [0.15, 0.2) is 18.3 Å². The second-order valence-corrected chi connectivity index (χ2v) is 4.45. The molecule has 0 unspecified atom stereocenters. The van der Waals surface area contributed by atoms with Crippen LogP contribution in [0.1, 0.15) is 18.4 Å². The first kappa shape index (κ1) is 11.9. The van der Waals surface area contributed by atoms with Crippen molar-refractivity contribution in [1.82, 2.24) is 4.98 Å². The third-order valence-corrected chi connectivity index (χ3v) is 2.89. The maximum Gasteiger partial charge on any atom is 0.129 e. The average Bonchev–Trinajstić information content (AvgIpc) is 3.18. The van der Waals surface area contributed by atoms with Crippen molar-refractivity contribution >= 4 is 5.82 Å². The molecule has 1 aromatic heterocycles. The summed E-state index contributed by atoms with van der Waals surface area (Å²) in [6.45, 7) is 2.40. The number of likely N-dealkylation sites (N-methyl/N-ethyl adjacent to an activating group) is 1. The molecule has 0 saturated heterocycles. The minimum atomic E-state index is 0.640. The normalized spacial score (nSPS) is 14.4. The summed E-state index contributed by atoms with van der Waals surface area (Å²) in [5.41, 5.74) is 0.640. The van der Waals surface area contributed by atoms with Gasteiger partial charge in [-0.25, -0.2) is 4.98 Å². The Labute approximate surface area is 102 Å². The first-order valence-corrected chi connectivity index (χ1v) is 5.94. The minimum absolute atomic E-state index is 0.640. The molecule has 0 aliphatic heterocycles. The molecule has 0 spiro atoms. The van der Waals surface area contributed by atoms with Gasteiger partial charge in [0, 0.05) is 26.4 Å². The Morgan fingerprint density at radius 1 is 1.59 bits per heavy atom. The Morgan fingerprint density at radius 2 is 2.41 bits per heavy atom. The number of hydrogen-bond donors (Lipinski definition) is 0. The molecule has 4 nitrogen and oxygen atoms in total. The van der Waals surface area contributed by atoms with Gasteiger partial charge in [-0.3, -0.25) is 0 Å². The van der Waals surface area contributed by atoms with Crippen molar-refractivity contribution in [2.75, 3.05) is 31.7 Å². The van der Waals surface area contributed by atoms with E-state index in [1.165, 1.54) is 12.8 Å². The van der Waals surface area contributed by atoms with Gasteiger partial charge in [-0.15, -0.1) is 0 Å². The second-order valence-electron chi connectivity index (χ2n) is 4.45.